The maximum Gasteiger partial charge on any atom is 0.350 e. The Kier molecular flexibility index (Phi) is 41.8. The smallest absolute Gasteiger partial charge is 0.350 e. The largest absolute Gasteiger partial charge is 0.465 e. The summed E-state index contributed by atoms with van der Waals surface area (Å²) in [7, 11) is 7.93. The molecular formula is C95H119N17O18S10. The molecule has 2 aromatic carbocycles. The Hall–Kier alpha value is -12.5. The number of thiazole rings is 1. The minimum Gasteiger partial charge on any atom is -0.465 e. The number of ether oxygens (including phenoxy) is 6. The van der Waals surface area contributed by atoms with Crippen LogP contribution in [-0.4, -0.2) is 140 Å². The lowest BCUT2D eigenvalue weighted by atomic mass is 9.94. The van der Waals surface area contributed by atoms with Crippen LogP contribution in [0.1, 0.15) is 249 Å². The Balaban J connectivity index is 0.000000228. The zero-order valence-electron chi connectivity index (χ0n) is 83.3. The number of carbonyl (C=O) groups is 12. The van der Waals surface area contributed by atoms with Gasteiger partial charge >= 0.3 is 72.0 Å². The van der Waals surface area contributed by atoms with Gasteiger partial charge in [0.05, 0.1) is 81.8 Å². The van der Waals surface area contributed by atoms with E-state index in [0.29, 0.717) is 90.2 Å². The van der Waals surface area contributed by atoms with Gasteiger partial charge in [-0.15, -0.1) is 111 Å². The molecule has 12 aromatic rings. The summed E-state index contributed by atoms with van der Waals surface area (Å²) in [6, 6.07) is 27.0. The van der Waals surface area contributed by atoms with Crippen LogP contribution >= 0.6 is 113 Å². The zero-order chi connectivity index (χ0) is 104. The van der Waals surface area contributed by atoms with Crippen molar-refractivity contribution in [3.8, 4) is 0 Å². The van der Waals surface area contributed by atoms with Gasteiger partial charge < -0.3 is 71.0 Å². The van der Waals surface area contributed by atoms with E-state index in [9.17, 15) is 57.5 Å². The molecule has 0 spiro atoms. The van der Waals surface area contributed by atoms with E-state index in [2.05, 4.69) is 131 Å². The molecule has 0 saturated heterocycles. The zero-order valence-corrected chi connectivity index (χ0v) is 91.4. The summed E-state index contributed by atoms with van der Waals surface area (Å²) >= 11 is 13.4. The van der Waals surface area contributed by atoms with Crippen LogP contribution in [0, 0.1) is 34.6 Å². The van der Waals surface area contributed by atoms with Crippen molar-refractivity contribution in [1.29, 1.82) is 0 Å². The Morgan fingerprint density at radius 2 is 0.586 bits per heavy atom. The van der Waals surface area contributed by atoms with Crippen molar-refractivity contribution >= 4 is 251 Å². The molecule has 752 valence electrons. The van der Waals surface area contributed by atoms with Gasteiger partial charge in [0.15, 0.2) is 5.13 Å². The molecule has 0 saturated carbocycles. The van der Waals surface area contributed by atoms with Gasteiger partial charge in [0.1, 0.15) is 39.3 Å². The third-order valence-corrected chi connectivity index (χ3v) is 31.2. The third-order valence-electron chi connectivity index (χ3n) is 18.6. The highest BCUT2D eigenvalue weighted by Gasteiger charge is 2.32. The fraction of sp³-hybridized carbons (Fsp3) is 0.379. The van der Waals surface area contributed by atoms with Gasteiger partial charge in [0.25, 0.3) is 0 Å². The molecule has 12 rings (SSSR count). The van der Waals surface area contributed by atoms with Crippen LogP contribution in [-0.2, 0) is 61.9 Å². The molecule has 0 fully saturated rings. The monoisotopic (exact) mass is 2110 g/mol. The van der Waals surface area contributed by atoms with Crippen molar-refractivity contribution in [2.24, 2.45) is 0 Å². The van der Waals surface area contributed by atoms with Gasteiger partial charge in [-0.2, -0.15) is 0 Å². The fourth-order valence-corrected chi connectivity index (χ4v) is 20.3. The summed E-state index contributed by atoms with van der Waals surface area (Å²) in [6.45, 7) is 46.3. The lowest BCUT2D eigenvalue weighted by Gasteiger charge is -2.15. The van der Waals surface area contributed by atoms with Crippen molar-refractivity contribution in [1.82, 2.24) is 25.4 Å². The lowest BCUT2D eigenvalue weighted by molar-refractivity contribution is 0.0598. The number of urea groups is 6. The molecule has 0 aliphatic rings. The quantitative estimate of drug-likeness (QED) is 0.0249. The SMILES string of the molecule is CCc1nnc(NC(=O)Nc2cc(C(C)(C)C)sc2C(=O)OC)s1.COC(=O)c1sc(C(C)(C)C)cc1NC(=O)Nc1ccc(C)cc1.COC(=O)c1sc(C(C)(C)C)cc1NC(=O)Nc1ccc(C)s1.COC(=O)c1sc(C(C)(C)C)cc1NC(=O)Nc1ncc(C)s1.COC(=O)c1sc(C(C)(C)C)cc1NC(=O)Nc1nnc(C)s1.COC(=O)c1sc(C(C)C)cc1NC(=O)Nc1ccc(C)cc1. The topological polar surface area (TPSA) is 469 Å². The first kappa shape index (κ1) is 115. The van der Waals surface area contributed by atoms with E-state index in [1.807, 2.05) is 196 Å². The van der Waals surface area contributed by atoms with E-state index in [1.165, 1.54) is 156 Å². The van der Waals surface area contributed by atoms with Crippen LogP contribution in [0.3, 0.4) is 0 Å². The van der Waals surface area contributed by atoms with Gasteiger partial charge in [0, 0.05) is 56.6 Å². The van der Waals surface area contributed by atoms with E-state index in [0.717, 1.165) is 71.6 Å². The Morgan fingerprint density at radius 3 is 0.843 bits per heavy atom. The number of hydrogen-bond donors (Lipinski definition) is 12. The van der Waals surface area contributed by atoms with E-state index >= 15 is 0 Å². The predicted octanol–water partition coefficient (Wildman–Crippen LogP) is 26.0. The molecule has 0 atom stereocenters. The van der Waals surface area contributed by atoms with Crippen molar-refractivity contribution in [2.75, 3.05) is 106 Å². The Morgan fingerprint density at radius 1 is 0.300 bits per heavy atom. The minimum absolute atomic E-state index is 0.116. The second-order valence-corrected chi connectivity index (χ2v) is 47.0. The summed E-state index contributed by atoms with van der Waals surface area (Å²) in [5, 5.41) is 51.5. The predicted molar refractivity (Wildman–Crippen MR) is 570 cm³/mol. The minimum atomic E-state index is -0.482. The first-order chi connectivity index (χ1) is 65.4. The number of aryl methyl sites for hydroxylation is 6. The summed E-state index contributed by atoms with van der Waals surface area (Å²) in [4.78, 5) is 159. The van der Waals surface area contributed by atoms with Crippen LogP contribution in [0.15, 0.2) is 103 Å². The van der Waals surface area contributed by atoms with E-state index in [-0.39, 0.29) is 39.0 Å². The molecule has 0 aliphatic carbocycles. The molecule has 35 nitrogen and oxygen atoms in total. The van der Waals surface area contributed by atoms with E-state index < -0.39 is 66.0 Å². The average Bonchev–Trinajstić information content (AvgIpc) is 1.67. The number of thiophene rings is 7. The number of esters is 6. The van der Waals surface area contributed by atoms with Gasteiger partial charge in [-0.25, -0.2) is 62.5 Å². The molecule has 45 heteroatoms. The summed E-state index contributed by atoms with van der Waals surface area (Å²) in [5.41, 5.74) is 5.64. The number of amides is 12. The molecule has 0 radical (unpaired) electrons. The standard InChI is InChI=1S/C18H22N2O3S.C17H20N2O3S.C16H20N2O3S2.C15H20N4O3S2.C15H19N3O3S2.C14H18N4O3S2/c1-11-6-8-12(9-7-11)19-17(22)20-13-10-14(18(2,3)4)24-15(13)16(21)23-5;1-10(2)14-9-13(15(23-14)16(20)22-4)19-17(21)18-12-7-5-11(3)6-8-12;1-9-6-7-12(22-9)18-15(20)17-10-8-11(16(2,3)4)23-13(10)14(19)21-5;1-6-10-18-19-14(24-10)17-13(21)16-8-7-9(15(2,3)4)23-11(8)12(20)22-5;1-8-7-16-14(22-8)18-13(20)17-9-6-10(15(2,3)4)23-11(9)12(19)21-5;1-7-17-18-13(22-7)16-12(20)15-8-6-9(14(2,3)4)23-10(8)11(19)21-5/h6-10H,1-5H3,(H2,19,20,22);5-10H,1-4H3,(H2,18,19,21);6-8H,1-5H3,(H2,17,18,20);7H,6H2,1-5H3,(H2,16,17,19,21);6-7H,1-5H3,(H2,16,17,18,20);6H,1-5H3,(H2,15,16,18,20). The summed E-state index contributed by atoms with van der Waals surface area (Å²) < 4.78 is 28.8. The van der Waals surface area contributed by atoms with Crippen molar-refractivity contribution in [3.63, 3.8) is 0 Å². The number of rotatable bonds is 20. The highest BCUT2D eigenvalue weighted by atomic mass is 32.1. The molecule has 0 unspecified atom stereocenters. The van der Waals surface area contributed by atoms with Crippen LogP contribution in [0.4, 0.5) is 94.7 Å². The molecular weight excluding hydrogens is 1990 g/mol. The molecule has 0 bridgehead atoms. The van der Waals surface area contributed by atoms with E-state index in [1.54, 1.807) is 25.3 Å². The number of aromatic nitrogens is 5. The van der Waals surface area contributed by atoms with Gasteiger partial charge in [0.2, 0.25) is 10.3 Å². The van der Waals surface area contributed by atoms with Gasteiger partial charge in [-0.1, -0.05) is 183 Å². The molecule has 10 heterocycles. The fourth-order valence-electron chi connectivity index (χ4n) is 11.1. The summed E-state index contributed by atoms with van der Waals surface area (Å²) in [5.74, 6) is -2.52. The number of nitrogens with one attached hydrogen (secondary N) is 12. The number of carbonyl (C=O) groups excluding carboxylic acids is 12. The van der Waals surface area contributed by atoms with Crippen LogP contribution < -0.4 is 63.8 Å². The van der Waals surface area contributed by atoms with Gasteiger partial charge in [-0.05, 0) is 147 Å². The number of anilines is 12. The van der Waals surface area contributed by atoms with Crippen LogP contribution in [0.25, 0.3) is 0 Å². The second-order valence-electron chi connectivity index (χ2n) is 35.9. The second kappa shape index (κ2) is 51.1. The number of hydrogen-bond acceptors (Lipinski definition) is 33. The maximum absolute atomic E-state index is 12.2. The van der Waals surface area contributed by atoms with Crippen LogP contribution in [0.2, 0.25) is 0 Å². The molecule has 12 amide bonds. The molecule has 12 N–H and O–H groups in total. The number of benzene rings is 2. The highest BCUT2D eigenvalue weighted by Crippen LogP contribution is 2.43. The van der Waals surface area contributed by atoms with Gasteiger partial charge in [-0.3, -0.25) is 21.3 Å². The Labute approximate surface area is 853 Å². The van der Waals surface area contributed by atoms with Crippen molar-refractivity contribution < 1.29 is 86.0 Å². The number of methoxy groups -OCH3 is 6. The van der Waals surface area contributed by atoms with Crippen LogP contribution in [0.5, 0.6) is 0 Å². The third kappa shape index (κ3) is 35.1. The van der Waals surface area contributed by atoms with Crippen molar-refractivity contribution in [2.45, 2.75) is 199 Å². The highest BCUT2D eigenvalue weighted by molar-refractivity contribution is 7.18. The molecule has 0 aliphatic heterocycles. The number of nitrogens with zero attached hydrogens (tertiary/aromatic N) is 5. The molecule has 10 aromatic heterocycles. The average molecular weight is 2110 g/mol. The first-order valence-electron chi connectivity index (χ1n) is 43.0. The van der Waals surface area contributed by atoms with Crippen molar-refractivity contribution in [3.05, 3.63) is 193 Å². The first-order valence-corrected chi connectivity index (χ1v) is 51.2. The summed E-state index contributed by atoms with van der Waals surface area (Å²) in [6.07, 6.45) is 2.44. The maximum atomic E-state index is 12.2. The molecule has 140 heavy (non-hydrogen) atoms. The normalized spacial score (nSPS) is 11.0. The lowest BCUT2D eigenvalue weighted by Crippen LogP contribution is -2.20. The van der Waals surface area contributed by atoms with E-state index in [4.69, 9.17) is 28.4 Å². The Bertz CT molecular complexity index is 6030.